The van der Waals surface area contributed by atoms with E-state index >= 15 is 0 Å². The molecule has 0 amide bonds. The minimum absolute atomic E-state index is 0.218. The van der Waals surface area contributed by atoms with Crippen molar-refractivity contribution in [2.24, 2.45) is 0 Å². The summed E-state index contributed by atoms with van der Waals surface area (Å²) in [7, 11) is 1.50. The maximum absolute atomic E-state index is 9.88. The van der Waals surface area contributed by atoms with Gasteiger partial charge in [0.05, 0.1) is 7.11 Å². The first kappa shape index (κ1) is 18.3. The molecule has 0 aliphatic carbocycles. The first-order chi connectivity index (χ1) is 10.4. The molecule has 0 radical (unpaired) electrons. The van der Waals surface area contributed by atoms with E-state index in [2.05, 4.69) is 24.0 Å². The monoisotopic (exact) mass is 306 g/mol. The first-order valence-electron chi connectivity index (χ1n) is 7.42. The molecule has 0 atom stereocenters. The lowest BCUT2D eigenvalue weighted by molar-refractivity contribution is -0.265. The van der Waals surface area contributed by atoms with Gasteiger partial charge in [-0.1, -0.05) is 17.7 Å². The van der Waals surface area contributed by atoms with Crippen LogP contribution in [0.25, 0.3) is 0 Å². The maximum Gasteiger partial charge on any atom is 0.119 e. The predicted octanol–water partition coefficient (Wildman–Crippen LogP) is 4.20. The second-order valence-corrected chi connectivity index (χ2v) is 5.54. The second-order valence-electron chi connectivity index (χ2n) is 5.54. The number of benzene rings is 1. The van der Waals surface area contributed by atoms with Crippen molar-refractivity contribution < 1.29 is 20.0 Å². The number of aromatic hydroxyl groups is 2. The zero-order valence-corrected chi connectivity index (χ0v) is 13.8. The summed E-state index contributed by atoms with van der Waals surface area (Å²) in [5.74, 6) is 0.447. The Morgan fingerprint density at radius 2 is 1.82 bits per heavy atom. The van der Waals surface area contributed by atoms with Crippen molar-refractivity contribution >= 4 is 0 Å². The summed E-state index contributed by atoms with van der Waals surface area (Å²) in [6, 6.07) is 3.22. The largest absolute Gasteiger partial charge is 0.508 e. The van der Waals surface area contributed by atoms with Crippen molar-refractivity contribution in [3.05, 3.63) is 46.6 Å². The smallest absolute Gasteiger partial charge is 0.119 e. The fraction of sp³-hybridized carbons (Fsp3) is 0.444. The van der Waals surface area contributed by atoms with Gasteiger partial charge in [0.15, 0.2) is 0 Å². The number of hydrogen-bond acceptors (Lipinski definition) is 4. The molecule has 0 unspecified atom stereocenters. The predicted molar refractivity (Wildman–Crippen MR) is 87.9 cm³/mol. The molecule has 0 aliphatic heterocycles. The highest BCUT2D eigenvalue weighted by Crippen LogP contribution is 2.27. The lowest BCUT2D eigenvalue weighted by atomic mass is 10.0. The van der Waals surface area contributed by atoms with Crippen LogP contribution in [0.4, 0.5) is 0 Å². The normalized spacial score (nSPS) is 12.7. The standard InChI is InChI=1S/C18H26O4/c1-13(6-5-7-14(2)12-22-21-4)8-9-16-11-17(19)15(3)10-18(16)20/h7-8,10-11,19-20H,5-6,9,12H2,1-4H3/b13-8+,14-7+. The second kappa shape index (κ2) is 9.28. The molecule has 0 heterocycles. The Bertz CT molecular complexity index is 544. The number of phenolic OH excluding ortho intramolecular Hbond substituents is 2. The van der Waals surface area contributed by atoms with Crippen LogP contribution in [0.1, 0.15) is 37.8 Å². The van der Waals surface area contributed by atoms with Gasteiger partial charge < -0.3 is 10.2 Å². The molecule has 0 bridgehead atoms. The lowest BCUT2D eigenvalue weighted by Crippen LogP contribution is -1.94. The average molecular weight is 306 g/mol. The van der Waals surface area contributed by atoms with Gasteiger partial charge in [-0.25, -0.2) is 9.78 Å². The van der Waals surface area contributed by atoms with Crippen LogP contribution in [0.2, 0.25) is 0 Å². The SMILES string of the molecule is COOC/C(C)=C/CC/C(C)=C/Cc1cc(O)c(C)cc1O. The van der Waals surface area contributed by atoms with Gasteiger partial charge in [-0.15, -0.1) is 0 Å². The number of phenols is 2. The van der Waals surface area contributed by atoms with Gasteiger partial charge in [-0.05, 0) is 63.3 Å². The Balaban J connectivity index is 2.51. The molecule has 1 aromatic rings. The van der Waals surface area contributed by atoms with E-state index in [0.717, 1.165) is 24.0 Å². The Kier molecular flexibility index (Phi) is 7.71. The number of allylic oxidation sites excluding steroid dienone is 3. The summed E-state index contributed by atoms with van der Waals surface area (Å²) in [5.41, 5.74) is 3.80. The van der Waals surface area contributed by atoms with E-state index in [9.17, 15) is 10.2 Å². The van der Waals surface area contributed by atoms with Crippen LogP contribution >= 0.6 is 0 Å². The molecule has 0 spiro atoms. The van der Waals surface area contributed by atoms with Crippen molar-refractivity contribution in [1.29, 1.82) is 0 Å². The average Bonchev–Trinajstić information content (AvgIpc) is 2.47. The van der Waals surface area contributed by atoms with Gasteiger partial charge in [-0.2, -0.15) is 0 Å². The maximum atomic E-state index is 9.88. The molecule has 4 nitrogen and oxygen atoms in total. The highest BCUT2D eigenvalue weighted by atomic mass is 17.2. The van der Waals surface area contributed by atoms with E-state index in [0.29, 0.717) is 18.6 Å². The van der Waals surface area contributed by atoms with Crippen molar-refractivity contribution in [2.45, 2.75) is 40.0 Å². The fourth-order valence-corrected chi connectivity index (χ4v) is 2.03. The van der Waals surface area contributed by atoms with Crippen LogP contribution < -0.4 is 0 Å². The quantitative estimate of drug-likeness (QED) is 0.327. The molecule has 0 aromatic heterocycles. The summed E-state index contributed by atoms with van der Waals surface area (Å²) in [5, 5.41) is 19.6. The number of aryl methyl sites for hydroxylation is 1. The lowest BCUT2D eigenvalue weighted by Gasteiger charge is -2.06. The van der Waals surface area contributed by atoms with Crippen LogP contribution in [0.3, 0.4) is 0 Å². The Hall–Kier alpha value is -1.78. The molecule has 0 aliphatic rings. The summed E-state index contributed by atoms with van der Waals surface area (Å²) in [6.07, 6.45) is 6.71. The number of hydrogen-bond donors (Lipinski definition) is 2. The van der Waals surface area contributed by atoms with E-state index in [1.165, 1.54) is 12.7 Å². The van der Waals surface area contributed by atoms with Crippen molar-refractivity contribution in [2.75, 3.05) is 13.7 Å². The first-order valence-corrected chi connectivity index (χ1v) is 7.42. The minimum atomic E-state index is 0.218. The molecule has 122 valence electrons. The van der Waals surface area contributed by atoms with Crippen LogP contribution in [-0.4, -0.2) is 23.9 Å². The van der Waals surface area contributed by atoms with E-state index in [-0.39, 0.29) is 11.5 Å². The van der Waals surface area contributed by atoms with Crippen molar-refractivity contribution in [3.8, 4) is 11.5 Å². The zero-order chi connectivity index (χ0) is 16.5. The topological polar surface area (TPSA) is 58.9 Å². The van der Waals surface area contributed by atoms with Crippen LogP contribution in [-0.2, 0) is 16.2 Å². The van der Waals surface area contributed by atoms with Crippen LogP contribution in [0.5, 0.6) is 11.5 Å². The molecule has 0 saturated heterocycles. The molecule has 0 saturated carbocycles. The molecule has 1 aromatic carbocycles. The van der Waals surface area contributed by atoms with Gasteiger partial charge in [0, 0.05) is 5.56 Å². The molecule has 0 fully saturated rings. The van der Waals surface area contributed by atoms with Crippen LogP contribution in [0, 0.1) is 6.92 Å². The van der Waals surface area contributed by atoms with Crippen molar-refractivity contribution in [1.82, 2.24) is 0 Å². The molecule has 1 rings (SSSR count). The number of rotatable bonds is 8. The third kappa shape index (κ3) is 6.33. The van der Waals surface area contributed by atoms with Gasteiger partial charge in [-0.3, -0.25) is 0 Å². The van der Waals surface area contributed by atoms with E-state index in [1.54, 1.807) is 19.1 Å². The van der Waals surface area contributed by atoms with E-state index < -0.39 is 0 Å². The summed E-state index contributed by atoms with van der Waals surface area (Å²) < 4.78 is 0. The molecular weight excluding hydrogens is 280 g/mol. The van der Waals surface area contributed by atoms with Gasteiger partial charge in [0.25, 0.3) is 0 Å². The zero-order valence-electron chi connectivity index (χ0n) is 13.8. The van der Waals surface area contributed by atoms with Crippen LogP contribution in [0.15, 0.2) is 35.4 Å². The summed E-state index contributed by atoms with van der Waals surface area (Å²) >= 11 is 0. The van der Waals surface area contributed by atoms with Gasteiger partial charge in [0.1, 0.15) is 18.1 Å². The van der Waals surface area contributed by atoms with Gasteiger partial charge >= 0.3 is 0 Å². The minimum Gasteiger partial charge on any atom is -0.508 e. The van der Waals surface area contributed by atoms with Crippen molar-refractivity contribution in [3.63, 3.8) is 0 Å². The molecular formula is C18H26O4. The summed E-state index contributed by atoms with van der Waals surface area (Å²) in [4.78, 5) is 9.42. The summed E-state index contributed by atoms with van der Waals surface area (Å²) in [6.45, 7) is 6.32. The fourth-order valence-electron chi connectivity index (χ4n) is 2.03. The Morgan fingerprint density at radius 1 is 1.09 bits per heavy atom. The van der Waals surface area contributed by atoms with Gasteiger partial charge in [0.2, 0.25) is 0 Å². The highest BCUT2D eigenvalue weighted by Gasteiger charge is 2.04. The molecule has 4 heteroatoms. The van der Waals surface area contributed by atoms with E-state index in [1.807, 2.05) is 6.92 Å². The Morgan fingerprint density at radius 3 is 2.50 bits per heavy atom. The third-order valence-corrected chi connectivity index (χ3v) is 3.50. The van der Waals surface area contributed by atoms with E-state index in [4.69, 9.17) is 4.89 Å². The highest BCUT2D eigenvalue weighted by molar-refractivity contribution is 5.45. The molecule has 22 heavy (non-hydrogen) atoms. The molecule has 2 N–H and O–H groups in total. The third-order valence-electron chi connectivity index (χ3n) is 3.50. The Labute approximate surface area is 132 Å².